The number of methoxy groups -OCH3 is 3. The van der Waals surface area contributed by atoms with Gasteiger partial charge in [-0.15, -0.1) is 0 Å². The number of nitrogens with two attached hydrogens (primary N) is 2. The van der Waals surface area contributed by atoms with Crippen molar-refractivity contribution in [3.05, 3.63) is 34.9 Å². The van der Waals surface area contributed by atoms with Crippen molar-refractivity contribution in [2.24, 2.45) is 11.5 Å². The molecule has 0 bridgehead atoms. The lowest BCUT2D eigenvalue weighted by Crippen LogP contribution is -2.73. The molecule has 4 saturated heterocycles. The van der Waals surface area contributed by atoms with Gasteiger partial charge in [-0.1, -0.05) is 12.8 Å². The summed E-state index contributed by atoms with van der Waals surface area (Å²) < 4.78 is 50.9. The number of nitrogens with one attached hydrogen (secondary N) is 9. The van der Waals surface area contributed by atoms with E-state index in [0.717, 1.165) is 50.0 Å². The molecule has 6 unspecified atom stereocenters. The van der Waals surface area contributed by atoms with E-state index in [0.29, 0.717) is 141 Å². The topological polar surface area (TPSA) is 363 Å². The fourth-order valence-corrected chi connectivity index (χ4v) is 14.3. The van der Waals surface area contributed by atoms with Crippen LogP contribution in [0.3, 0.4) is 0 Å². The highest BCUT2D eigenvalue weighted by atomic mass is 32.2. The van der Waals surface area contributed by atoms with Crippen LogP contribution in [0, 0.1) is 0 Å². The van der Waals surface area contributed by atoms with Gasteiger partial charge in [0.1, 0.15) is 0 Å². The Bertz CT molecular complexity index is 2150. The van der Waals surface area contributed by atoms with Crippen LogP contribution >= 0.6 is 23.5 Å². The van der Waals surface area contributed by atoms with E-state index in [2.05, 4.69) is 47.9 Å². The van der Waals surface area contributed by atoms with E-state index in [1.807, 2.05) is 23.5 Å². The first-order valence-corrected chi connectivity index (χ1v) is 32.9. The zero-order chi connectivity index (χ0) is 62.2. The molecule has 0 radical (unpaired) electrons. The molecule has 492 valence electrons. The van der Waals surface area contributed by atoms with E-state index in [1.165, 1.54) is 39.5 Å². The van der Waals surface area contributed by atoms with Gasteiger partial charge < -0.3 is 102 Å². The molecule has 4 aliphatic heterocycles. The summed E-state index contributed by atoms with van der Waals surface area (Å²) >= 11 is 3.77. The molecule has 5 fully saturated rings. The normalized spacial score (nSPS) is 25.4. The second-order valence-corrected chi connectivity index (χ2v) is 24.6. The minimum Gasteiger partial charge on any atom is -0.379 e. The smallest absolute Gasteiger partial charge is 0.315 e. The molecule has 6 rings (SSSR count). The summed E-state index contributed by atoms with van der Waals surface area (Å²) in [5.74, 6) is 0.325. The number of amides is 9. The van der Waals surface area contributed by atoms with Crippen LogP contribution < -0.4 is 59.3 Å². The predicted molar refractivity (Wildman–Crippen MR) is 328 cm³/mol. The molecule has 87 heavy (non-hydrogen) atoms. The highest BCUT2D eigenvalue weighted by Crippen LogP contribution is 2.34. The van der Waals surface area contributed by atoms with Crippen LogP contribution in [0.4, 0.5) is 9.59 Å². The third-order valence-corrected chi connectivity index (χ3v) is 18.8. The second kappa shape index (κ2) is 40.2. The lowest BCUT2D eigenvalue weighted by molar-refractivity contribution is -0.122. The summed E-state index contributed by atoms with van der Waals surface area (Å²) in [6.45, 7) is 6.28. The molecular weight excluding hydrogens is 1170 g/mol. The Morgan fingerprint density at radius 2 is 0.805 bits per heavy atom. The largest absolute Gasteiger partial charge is 0.379 e. The quantitative estimate of drug-likeness (QED) is 0.0309. The molecule has 1 saturated carbocycles. The minimum absolute atomic E-state index is 0.0346. The summed E-state index contributed by atoms with van der Waals surface area (Å²) in [7, 11) is 4.41. The van der Waals surface area contributed by atoms with Gasteiger partial charge in [0.15, 0.2) is 0 Å². The number of hydrogen-bond acceptors (Lipinski definition) is 20. The van der Waals surface area contributed by atoms with Crippen molar-refractivity contribution in [2.45, 2.75) is 148 Å². The highest BCUT2D eigenvalue weighted by Gasteiger charge is 2.50. The Morgan fingerprint density at radius 1 is 0.460 bits per heavy atom. The SMILES string of the molecule is CO[C@H]1[C@@H](N)[C@@H](OC)[C@@H](NC(=O)c2cc(C(=O)NCCCOCCOCCOCCCNC(=O)CCCCC3SCC4NC(=O)NC43)cc(C(=O)NCCCOCCOCCOCCCNC(=O)CCCCC3SCC4NC(=O)NC43)c2)[C@@H](OC)[C@H]1N. The summed E-state index contributed by atoms with van der Waals surface area (Å²) in [6.07, 6.45) is 6.67. The predicted octanol–water partition coefficient (Wildman–Crippen LogP) is 0.302. The van der Waals surface area contributed by atoms with Gasteiger partial charge >= 0.3 is 12.1 Å². The highest BCUT2D eigenvalue weighted by molar-refractivity contribution is 8.00. The molecule has 13 N–H and O–H groups in total. The van der Waals surface area contributed by atoms with Gasteiger partial charge in [0.05, 0.1) is 113 Å². The van der Waals surface area contributed by atoms with Gasteiger partial charge in [0.2, 0.25) is 11.8 Å². The van der Waals surface area contributed by atoms with Gasteiger partial charge in [-0.25, -0.2) is 9.59 Å². The zero-order valence-corrected chi connectivity index (χ0v) is 52.5. The van der Waals surface area contributed by atoms with E-state index in [4.69, 9.17) is 54.1 Å². The summed E-state index contributed by atoms with van der Waals surface area (Å²) in [5, 5.41) is 27.3. The Hall–Kier alpha value is -4.63. The third-order valence-electron chi connectivity index (χ3n) is 15.8. The summed E-state index contributed by atoms with van der Waals surface area (Å²) in [6, 6.07) is 2.64. The Kier molecular flexibility index (Phi) is 33.0. The standard InChI is InChI=1S/C58H97N11O16S2/c1-77-51-46(59)52(78-2)50(53(79-3)47(51)60)67-56(74)39-33-37(54(72)63-18-10-22-82-26-30-84-28-24-80-20-8-16-61-44(70)14-6-4-12-42-48-40(35-86-42)65-57(75)68-48)32-38(34-39)55(73)64-19-11-23-83-27-31-85-29-25-81-21-9-17-62-45(71)15-7-5-13-43-49-41(36-87-43)66-58(76)69-49/h32-34,40-43,46-53H,4-31,35-36,59-60H2,1-3H3,(H,61,70)(H,62,71)(H,63,72)(H,64,73)(H,67,74)(H2,65,68,75)(H2,66,69,76)/t40?,41?,42?,43?,46-,47+,48?,49?,50-,51+,52-,53+. The molecule has 4 heterocycles. The van der Waals surface area contributed by atoms with Crippen LogP contribution in [0.1, 0.15) is 108 Å². The lowest BCUT2D eigenvalue weighted by Gasteiger charge is -2.47. The van der Waals surface area contributed by atoms with Crippen LogP contribution in [0.15, 0.2) is 18.2 Å². The van der Waals surface area contributed by atoms with E-state index in [1.54, 1.807) is 0 Å². The van der Waals surface area contributed by atoms with E-state index < -0.39 is 54.2 Å². The van der Waals surface area contributed by atoms with Crippen molar-refractivity contribution in [1.82, 2.24) is 47.9 Å². The number of fused-ring (bicyclic) bond motifs is 2. The van der Waals surface area contributed by atoms with Gasteiger partial charge in [0.25, 0.3) is 17.7 Å². The number of thioether (sulfide) groups is 2. The van der Waals surface area contributed by atoms with Gasteiger partial charge in [0, 0.05) is 125 Å². The van der Waals surface area contributed by atoms with Crippen LogP contribution in [0.2, 0.25) is 0 Å². The Morgan fingerprint density at radius 3 is 1.17 bits per heavy atom. The molecule has 0 aromatic heterocycles. The molecule has 1 aliphatic carbocycles. The Balaban J connectivity index is 0.799. The number of unbranched alkanes of at least 4 members (excludes halogenated alkanes) is 2. The minimum atomic E-state index is -0.814. The molecule has 1 aromatic rings. The molecular formula is C58H97N11O16S2. The van der Waals surface area contributed by atoms with Crippen molar-refractivity contribution >= 4 is 65.1 Å². The maximum Gasteiger partial charge on any atom is 0.315 e. The van der Waals surface area contributed by atoms with Crippen LogP contribution in [-0.4, -0.2) is 251 Å². The average molecular weight is 1270 g/mol. The number of urea groups is 2. The first kappa shape index (κ1) is 71.4. The lowest BCUT2D eigenvalue weighted by atomic mass is 9.80. The maximum atomic E-state index is 14.1. The molecule has 9 amide bonds. The number of carbonyl (C=O) groups is 7. The fraction of sp³-hybridized carbons (Fsp3) is 0.776. The summed E-state index contributed by atoms with van der Waals surface area (Å²) in [5.41, 5.74) is 13.2. The molecule has 1 aromatic carbocycles. The third kappa shape index (κ3) is 24.3. The maximum absolute atomic E-state index is 14.1. The van der Waals surface area contributed by atoms with E-state index >= 15 is 0 Å². The van der Waals surface area contributed by atoms with E-state index in [9.17, 15) is 33.6 Å². The van der Waals surface area contributed by atoms with Gasteiger partial charge in [-0.2, -0.15) is 23.5 Å². The monoisotopic (exact) mass is 1270 g/mol. The van der Waals surface area contributed by atoms with Crippen molar-refractivity contribution < 1.29 is 76.2 Å². The number of carbonyl (C=O) groups excluding carboxylic acids is 7. The number of benzene rings is 1. The second-order valence-electron chi connectivity index (χ2n) is 22.1. The van der Waals surface area contributed by atoms with Crippen LogP contribution in [-0.2, 0) is 52.2 Å². The van der Waals surface area contributed by atoms with Crippen molar-refractivity contribution in [3.63, 3.8) is 0 Å². The van der Waals surface area contributed by atoms with Crippen molar-refractivity contribution in [3.8, 4) is 0 Å². The zero-order valence-electron chi connectivity index (χ0n) is 50.9. The van der Waals surface area contributed by atoms with Crippen LogP contribution in [0.25, 0.3) is 0 Å². The van der Waals surface area contributed by atoms with Gasteiger partial charge in [-0.05, 0) is 69.6 Å². The molecule has 5 aliphatic rings. The molecule has 0 spiro atoms. The average Bonchev–Trinajstić information content (AvgIpc) is 1.94. The van der Waals surface area contributed by atoms with E-state index in [-0.39, 0.29) is 77.8 Å². The Labute approximate surface area is 519 Å². The first-order valence-electron chi connectivity index (χ1n) is 30.8. The molecule has 27 nitrogen and oxygen atoms in total. The van der Waals surface area contributed by atoms with Crippen LogP contribution in [0.5, 0.6) is 0 Å². The fourth-order valence-electron chi connectivity index (χ4n) is 11.2. The number of hydrogen-bond donors (Lipinski definition) is 11. The number of ether oxygens (including phenoxy) is 9. The first-order chi connectivity index (χ1) is 42.3. The van der Waals surface area contributed by atoms with Gasteiger partial charge in [-0.3, -0.25) is 24.0 Å². The number of rotatable bonds is 45. The molecule has 12 atom stereocenters. The van der Waals surface area contributed by atoms with Crippen molar-refractivity contribution in [2.75, 3.05) is 138 Å². The molecule has 29 heteroatoms. The van der Waals surface area contributed by atoms with Crippen molar-refractivity contribution in [1.29, 1.82) is 0 Å². The summed E-state index contributed by atoms with van der Waals surface area (Å²) in [4.78, 5) is 88.9.